The molecular weight excluding hydrogens is 282 g/mol. The Labute approximate surface area is 129 Å². The largest absolute Gasteiger partial charge is 0.598 e. The predicted octanol–water partition coefficient (Wildman–Crippen LogP) is 3.87. The van der Waals surface area contributed by atoms with E-state index in [1.165, 1.54) is 19.3 Å². The number of rotatable bonds is 4. The van der Waals surface area contributed by atoms with Crippen molar-refractivity contribution in [2.45, 2.75) is 83.3 Å². The highest BCUT2D eigenvalue weighted by atomic mass is 32.2. The lowest BCUT2D eigenvalue weighted by molar-refractivity contribution is 0.169. The Bertz CT molecular complexity index is 384. The summed E-state index contributed by atoms with van der Waals surface area (Å²) in [6.45, 7) is 15.1. The second-order valence-electron chi connectivity index (χ2n) is 8.26. The van der Waals surface area contributed by atoms with Gasteiger partial charge in [-0.15, -0.1) is 16.2 Å². The average molecular weight is 314 g/mol. The molecule has 0 spiro atoms. The fourth-order valence-electron chi connectivity index (χ4n) is 2.17. The van der Waals surface area contributed by atoms with Gasteiger partial charge in [-0.3, -0.25) is 0 Å². The lowest BCUT2D eigenvalue weighted by Crippen LogP contribution is -2.56. The third-order valence-corrected chi connectivity index (χ3v) is 6.50. The Kier molecular flexibility index (Phi) is 5.82. The van der Waals surface area contributed by atoms with Gasteiger partial charge in [-0.05, 0) is 46.5 Å². The van der Waals surface area contributed by atoms with Crippen LogP contribution in [0.25, 0.3) is 0 Å². The third kappa shape index (κ3) is 5.44. The molecule has 20 heavy (non-hydrogen) atoms. The standard InChI is InChI=1S/C16H31NOSSi/c1-15(2,3)19(18)17-16(4,14-10-8-11-14)12-9-13-20(5,6)7/h14,17H,8,10-12H2,1-7H3. The van der Waals surface area contributed by atoms with Crippen LogP contribution >= 0.6 is 0 Å². The van der Waals surface area contributed by atoms with Gasteiger partial charge in [0.25, 0.3) is 0 Å². The molecule has 1 aliphatic rings. The van der Waals surface area contributed by atoms with Crippen LogP contribution < -0.4 is 4.72 Å². The van der Waals surface area contributed by atoms with Crippen molar-refractivity contribution in [3.05, 3.63) is 0 Å². The topological polar surface area (TPSA) is 35.1 Å². The minimum Gasteiger partial charge on any atom is -0.598 e. The number of hydrogen-bond donors (Lipinski definition) is 1. The first-order valence-electron chi connectivity index (χ1n) is 7.64. The first kappa shape index (κ1) is 18.1. The Morgan fingerprint density at radius 2 is 1.75 bits per heavy atom. The fraction of sp³-hybridized carbons (Fsp3) is 0.875. The maximum atomic E-state index is 12.4. The van der Waals surface area contributed by atoms with Gasteiger partial charge in [0.05, 0.1) is 5.54 Å². The van der Waals surface area contributed by atoms with Gasteiger partial charge in [0.1, 0.15) is 12.8 Å². The van der Waals surface area contributed by atoms with Crippen LogP contribution in [-0.4, -0.2) is 22.9 Å². The highest BCUT2D eigenvalue weighted by molar-refractivity contribution is 7.90. The van der Waals surface area contributed by atoms with Crippen LogP contribution in [0.3, 0.4) is 0 Å². The molecule has 1 fully saturated rings. The molecule has 116 valence electrons. The van der Waals surface area contributed by atoms with Gasteiger partial charge in [-0.1, -0.05) is 26.1 Å². The quantitative estimate of drug-likeness (QED) is 0.486. The van der Waals surface area contributed by atoms with E-state index in [1.54, 1.807) is 0 Å². The predicted molar refractivity (Wildman–Crippen MR) is 92.5 cm³/mol. The van der Waals surface area contributed by atoms with E-state index < -0.39 is 19.4 Å². The molecule has 0 aromatic rings. The van der Waals surface area contributed by atoms with E-state index in [2.05, 4.69) is 42.8 Å². The number of nitrogens with one attached hydrogen (secondary N) is 1. The van der Waals surface area contributed by atoms with Crippen LogP contribution in [-0.2, 0) is 11.4 Å². The molecule has 0 radical (unpaired) electrons. The second-order valence-corrected chi connectivity index (χ2v) is 15.0. The van der Waals surface area contributed by atoms with Gasteiger partial charge in [-0.2, -0.15) is 0 Å². The van der Waals surface area contributed by atoms with E-state index in [0.717, 1.165) is 6.42 Å². The summed E-state index contributed by atoms with van der Waals surface area (Å²) in [5, 5.41) is 0. The molecule has 0 amide bonds. The Morgan fingerprint density at radius 3 is 2.10 bits per heavy atom. The lowest BCUT2D eigenvalue weighted by Gasteiger charge is -2.43. The van der Waals surface area contributed by atoms with Gasteiger partial charge in [0.2, 0.25) is 0 Å². The fourth-order valence-corrected chi connectivity index (χ4v) is 3.75. The minimum absolute atomic E-state index is 0.108. The molecule has 2 atom stereocenters. The summed E-state index contributed by atoms with van der Waals surface area (Å²) in [5.41, 5.74) is 3.33. The van der Waals surface area contributed by atoms with Crippen LogP contribution in [0.15, 0.2) is 0 Å². The van der Waals surface area contributed by atoms with Crippen molar-refractivity contribution < 1.29 is 4.55 Å². The van der Waals surface area contributed by atoms with Crippen molar-refractivity contribution >= 4 is 19.4 Å². The second kappa shape index (κ2) is 6.44. The van der Waals surface area contributed by atoms with Gasteiger partial charge in [-0.25, -0.2) is 0 Å². The summed E-state index contributed by atoms with van der Waals surface area (Å²) < 4.78 is 15.6. The van der Waals surface area contributed by atoms with Crippen LogP contribution in [0.2, 0.25) is 19.6 Å². The van der Waals surface area contributed by atoms with Gasteiger partial charge < -0.3 is 4.55 Å². The summed E-state index contributed by atoms with van der Waals surface area (Å²) in [6.07, 6.45) is 4.58. The summed E-state index contributed by atoms with van der Waals surface area (Å²) in [6, 6.07) is 0. The van der Waals surface area contributed by atoms with E-state index in [9.17, 15) is 4.55 Å². The average Bonchev–Trinajstić information content (AvgIpc) is 2.09. The number of hydrogen-bond acceptors (Lipinski definition) is 2. The third-order valence-electron chi connectivity index (χ3n) is 3.81. The van der Waals surface area contributed by atoms with E-state index in [-0.39, 0.29) is 10.3 Å². The van der Waals surface area contributed by atoms with E-state index >= 15 is 0 Å². The lowest BCUT2D eigenvalue weighted by atomic mass is 9.71. The zero-order chi connectivity index (χ0) is 15.6. The molecule has 4 heteroatoms. The van der Waals surface area contributed by atoms with Crippen LogP contribution in [0.1, 0.15) is 53.4 Å². The monoisotopic (exact) mass is 313 g/mol. The highest BCUT2D eigenvalue weighted by Crippen LogP contribution is 2.39. The summed E-state index contributed by atoms with van der Waals surface area (Å²) >= 11 is -1.03. The molecule has 0 aromatic carbocycles. The first-order valence-corrected chi connectivity index (χ1v) is 12.3. The van der Waals surface area contributed by atoms with E-state index in [4.69, 9.17) is 0 Å². The van der Waals surface area contributed by atoms with Crippen molar-refractivity contribution in [1.29, 1.82) is 0 Å². The summed E-state index contributed by atoms with van der Waals surface area (Å²) in [7, 11) is -1.33. The van der Waals surface area contributed by atoms with Crippen molar-refractivity contribution in [3.63, 3.8) is 0 Å². The Balaban J connectivity index is 2.78. The Morgan fingerprint density at radius 1 is 1.20 bits per heavy atom. The molecule has 0 aromatic heterocycles. The zero-order valence-corrected chi connectivity index (χ0v) is 16.0. The Hall–Kier alpha value is 0.0469. The zero-order valence-electron chi connectivity index (χ0n) is 14.2. The molecule has 0 aliphatic heterocycles. The van der Waals surface area contributed by atoms with Crippen LogP contribution in [0.5, 0.6) is 0 Å². The minimum atomic E-state index is -1.33. The molecule has 1 rings (SSSR count). The molecule has 1 aliphatic carbocycles. The smallest absolute Gasteiger partial charge is 0.136 e. The molecule has 1 saturated carbocycles. The van der Waals surface area contributed by atoms with Crippen molar-refractivity contribution in [1.82, 2.24) is 4.72 Å². The summed E-state index contributed by atoms with van der Waals surface area (Å²) in [5.74, 6) is 4.00. The molecule has 0 bridgehead atoms. The van der Waals surface area contributed by atoms with Crippen molar-refractivity contribution in [2.75, 3.05) is 0 Å². The molecule has 0 heterocycles. The summed E-state index contributed by atoms with van der Waals surface area (Å²) in [4.78, 5) is 0. The maximum Gasteiger partial charge on any atom is 0.136 e. The molecule has 2 unspecified atom stereocenters. The molecular formula is C16H31NOSSi. The normalized spacial score (nSPS) is 21.4. The van der Waals surface area contributed by atoms with E-state index in [1.807, 2.05) is 20.8 Å². The first-order chi connectivity index (χ1) is 8.94. The van der Waals surface area contributed by atoms with Crippen molar-refractivity contribution in [3.8, 4) is 11.5 Å². The van der Waals surface area contributed by atoms with Crippen LogP contribution in [0.4, 0.5) is 0 Å². The molecule has 2 nitrogen and oxygen atoms in total. The van der Waals surface area contributed by atoms with Gasteiger partial charge in [0.15, 0.2) is 0 Å². The van der Waals surface area contributed by atoms with Crippen LogP contribution in [0, 0.1) is 17.4 Å². The SMILES string of the molecule is CC(CC#C[Si](C)(C)C)(N[S+]([O-])C(C)(C)C)C1CCC1. The molecule has 1 N–H and O–H groups in total. The van der Waals surface area contributed by atoms with E-state index in [0.29, 0.717) is 5.92 Å². The van der Waals surface area contributed by atoms with Gasteiger partial charge >= 0.3 is 0 Å². The molecule has 0 saturated heterocycles. The van der Waals surface area contributed by atoms with Crippen molar-refractivity contribution in [2.24, 2.45) is 5.92 Å². The maximum absolute atomic E-state index is 12.4. The highest BCUT2D eigenvalue weighted by Gasteiger charge is 2.43. The van der Waals surface area contributed by atoms with Gasteiger partial charge in [0, 0.05) is 17.8 Å².